The summed E-state index contributed by atoms with van der Waals surface area (Å²) in [6.07, 6.45) is 10.2. The van der Waals surface area contributed by atoms with Crippen LogP contribution < -0.4 is 0 Å². The summed E-state index contributed by atoms with van der Waals surface area (Å²) in [4.78, 5) is 12.3. The lowest BCUT2D eigenvalue weighted by Gasteiger charge is -2.49. The maximum absolute atomic E-state index is 12.3. The second kappa shape index (κ2) is 2.84. The van der Waals surface area contributed by atoms with Crippen LogP contribution in [-0.4, -0.2) is 5.78 Å². The van der Waals surface area contributed by atoms with Crippen molar-refractivity contribution in [1.29, 1.82) is 0 Å². The lowest BCUT2D eigenvalue weighted by molar-refractivity contribution is -0.135. The average Bonchev–Trinajstić information content (AvgIpc) is 2.57. The molecule has 0 aromatic rings. The molecule has 0 radical (unpaired) electrons. The van der Waals surface area contributed by atoms with Gasteiger partial charge in [0.05, 0.1) is 0 Å². The van der Waals surface area contributed by atoms with Crippen molar-refractivity contribution in [3.8, 4) is 0 Å². The van der Waals surface area contributed by atoms with E-state index in [1.54, 1.807) is 0 Å². The van der Waals surface area contributed by atoms with Crippen LogP contribution in [0.2, 0.25) is 0 Å². The minimum atomic E-state index is 0.0384. The smallest absolute Gasteiger partial charge is 0.162 e. The van der Waals surface area contributed by atoms with Gasteiger partial charge >= 0.3 is 0 Å². The maximum atomic E-state index is 12.3. The van der Waals surface area contributed by atoms with Crippen LogP contribution in [0.15, 0.2) is 23.8 Å². The summed E-state index contributed by atoms with van der Waals surface area (Å²) in [5.41, 5.74) is 1.18. The van der Waals surface area contributed by atoms with Gasteiger partial charge in [0, 0.05) is 5.41 Å². The molecule has 0 heterocycles. The van der Waals surface area contributed by atoms with Crippen LogP contribution in [0, 0.1) is 23.2 Å². The third kappa shape index (κ3) is 1.01. The molecular weight excluding hydrogens is 184 g/mol. The normalized spacial score (nSPS) is 44.8. The molecule has 0 N–H and O–H groups in total. The molecular formula is C14H18O. The van der Waals surface area contributed by atoms with Crippen molar-refractivity contribution >= 4 is 5.78 Å². The number of hydrogen-bond donors (Lipinski definition) is 0. The van der Waals surface area contributed by atoms with Crippen molar-refractivity contribution in [3.63, 3.8) is 0 Å². The molecule has 4 atom stereocenters. The first-order valence-electron chi connectivity index (χ1n) is 6.02. The van der Waals surface area contributed by atoms with E-state index >= 15 is 0 Å². The molecule has 1 heteroatoms. The Morgan fingerprint density at radius 1 is 1.40 bits per heavy atom. The molecule has 4 unspecified atom stereocenters. The number of ketones is 1. The van der Waals surface area contributed by atoms with Crippen LogP contribution in [0.5, 0.6) is 0 Å². The number of carbonyl (C=O) groups is 1. The average molecular weight is 202 g/mol. The summed E-state index contributed by atoms with van der Waals surface area (Å²) in [6.45, 7) is 4.04. The van der Waals surface area contributed by atoms with Crippen LogP contribution in [0.1, 0.15) is 33.1 Å². The van der Waals surface area contributed by atoms with E-state index in [0.29, 0.717) is 17.6 Å². The van der Waals surface area contributed by atoms with Crippen molar-refractivity contribution in [3.05, 3.63) is 23.8 Å². The van der Waals surface area contributed by atoms with Crippen LogP contribution in [0.4, 0.5) is 0 Å². The Kier molecular flexibility index (Phi) is 1.78. The molecule has 1 nitrogen and oxygen atoms in total. The third-order valence-electron chi connectivity index (χ3n) is 4.70. The van der Waals surface area contributed by atoms with E-state index in [4.69, 9.17) is 0 Å². The molecule has 0 aromatic heterocycles. The van der Waals surface area contributed by atoms with E-state index in [1.165, 1.54) is 12.8 Å². The van der Waals surface area contributed by atoms with Gasteiger partial charge in [-0.05, 0) is 56.9 Å². The Morgan fingerprint density at radius 3 is 2.73 bits per heavy atom. The Hall–Kier alpha value is -0.850. The Balaban J connectivity index is 1.95. The molecule has 2 bridgehead atoms. The predicted octanol–water partition coefficient (Wildman–Crippen LogP) is 3.12. The van der Waals surface area contributed by atoms with E-state index in [2.05, 4.69) is 12.2 Å². The molecule has 0 amide bonds. The van der Waals surface area contributed by atoms with Gasteiger partial charge in [-0.3, -0.25) is 4.79 Å². The maximum Gasteiger partial charge on any atom is 0.162 e. The highest BCUT2D eigenvalue weighted by Crippen LogP contribution is 2.67. The summed E-state index contributed by atoms with van der Waals surface area (Å²) < 4.78 is 0. The number of rotatable bonds is 2. The molecule has 80 valence electrons. The fourth-order valence-electron chi connectivity index (χ4n) is 3.97. The van der Waals surface area contributed by atoms with Crippen LogP contribution >= 0.6 is 0 Å². The summed E-state index contributed by atoms with van der Waals surface area (Å²) in [5, 5.41) is 0. The minimum Gasteiger partial charge on any atom is -0.294 e. The highest BCUT2D eigenvalue weighted by atomic mass is 16.1. The van der Waals surface area contributed by atoms with E-state index in [0.717, 1.165) is 17.9 Å². The van der Waals surface area contributed by atoms with Crippen LogP contribution in [0.3, 0.4) is 0 Å². The standard InChI is InChI=1S/C14H18O/c1-9(2)7-13(15)14-6-5-12(14)10-3-4-11(14)8-10/h3-4,7,10-12H,5-6,8H2,1-2H3. The molecule has 0 spiro atoms. The summed E-state index contributed by atoms with van der Waals surface area (Å²) in [7, 11) is 0. The van der Waals surface area contributed by atoms with Gasteiger partial charge in [0.25, 0.3) is 0 Å². The van der Waals surface area contributed by atoms with Crippen molar-refractivity contribution < 1.29 is 4.79 Å². The number of carbonyl (C=O) groups excluding carboxylic acids is 1. The van der Waals surface area contributed by atoms with E-state index < -0.39 is 0 Å². The van der Waals surface area contributed by atoms with Crippen molar-refractivity contribution in [1.82, 2.24) is 0 Å². The van der Waals surface area contributed by atoms with Gasteiger partial charge in [-0.2, -0.15) is 0 Å². The zero-order valence-electron chi connectivity index (χ0n) is 9.49. The topological polar surface area (TPSA) is 17.1 Å². The van der Waals surface area contributed by atoms with E-state index in [9.17, 15) is 4.79 Å². The molecule has 0 aliphatic heterocycles. The first-order chi connectivity index (χ1) is 7.14. The fourth-order valence-corrected chi connectivity index (χ4v) is 3.97. The van der Waals surface area contributed by atoms with Crippen LogP contribution in [-0.2, 0) is 4.79 Å². The Bertz CT molecular complexity index is 373. The van der Waals surface area contributed by atoms with E-state index in [-0.39, 0.29) is 5.41 Å². The van der Waals surface area contributed by atoms with Gasteiger partial charge in [0.15, 0.2) is 5.78 Å². The third-order valence-corrected chi connectivity index (χ3v) is 4.70. The van der Waals surface area contributed by atoms with Gasteiger partial charge in [0.1, 0.15) is 0 Å². The van der Waals surface area contributed by atoms with Crippen LogP contribution in [0.25, 0.3) is 0 Å². The quantitative estimate of drug-likeness (QED) is 0.496. The molecule has 15 heavy (non-hydrogen) atoms. The van der Waals surface area contributed by atoms with Gasteiger partial charge in [-0.15, -0.1) is 0 Å². The second-order valence-corrected chi connectivity index (χ2v) is 5.66. The molecule has 0 aromatic carbocycles. The van der Waals surface area contributed by atoms with Gasteiger partial charge < -0.3 is 0 Å². The zero-order valence-corrected chi connectivity index (χ0v) is 9.49. The highest BCUT2D eigenvalue weighted by molar-refractivity contribution is 5.97. The SMILES string of the molecule is CC(C)=CC(=O)C12CCC1C1C=CC2C1. The summed E-state index contributed by atoms with van der Waals surface area (Å²) >= 11 is 0. The lowest BCUT2D eigenvalue weighted by atomic mass is 9.53. The summed E-state index contributed by atoms with van der Waals surface area (Å²) in [6, 6.07) is 0. The molecule has 2 saturated carbocycles. The predicted molar refractivity (Wildman–Crippen MR) is 60.3 cm³/mol. The minimum absolute atomic E-state index is 0.0384. The first-order valence-corrected chi connectivity index (χ1v) is 6.02. The number of hydrogen-bond acceptors (Lipinski definition) is 1. The second-order valence-electron chi connectivity index (χ2n) is 5.66. The lowest BCUT2D eigenvalue weighted by Crippen LogP contribution is -2.48. The zero-order chi connectivity index (χ0) is 10.6. The molecule has 2 fully saturated rings. The van der Waals surface area contributed by atoms with Crippen molar-refractivity contribution in [2.75, 3.05) is 0 Å². The van der Waals surface area contributed by atoms with Gasteiger partial charge in [0.2, 0.25) is 0 Å². The van der Waals surface area contributed by atoms with Gasteiger partial charge in [-0.25, -0.2) is 0 Å². The number of fused-ring (bicyclic) bond motifs is 5. The molecule has 3 rings (SSSR count). The van der Waals surface area contributed by atoms with Gasteiger partial charge in [-0.1, -0.05) is 17.7 Å². The summed E-state index contributed by atoms with van der Waals surface area (Å²) in [5.74, 6) is 2.37. The Morgan fingerprint density at radius 2 is 2.20 bits per heavy atom. The van der Waals surface area contributed by atoms with Crippen molar-refractivity contribution in [2.24, 2.45) is 23.2 Å². The number of allylic oxidation sites excluding steroid dienone is 4. The van der Waals surface area contributed by atoms with E-state index in [1.807, 2.05) is 19.9 Å². The van der Waals surface area contributed by atoms with Crippen molar-refractivity contribution in [2.45, 2.75) is 33.1 Å². The largest absolute Gasteiger partial charge is 0.294 e. The monoisotopic (exact) mass is 202 g/mol. The Labute approximate surface area is 91.2 Å². The first kappa shape index (κ1) is 9.38. The molecule has 0 saturated heterocycles. The molecule has 3 aliphatic rings. The highest BCUT2D eigenvalue weighted by Gasteiger charge is 2.63. The fraction of sp³-hybridized carbons (Fsp3) is 0.643. The molecule has 3 aliphatic carbocycles.